The van der Waals surface area contributed by atoms with Crippen LogP contribution in [0.1, 0.15) is 11.1 Å². The quantitative estimate of drug-likeness (QED) is 0.449. The van der Waals surface area contributed by atoms with Gasteiger partial charge >= 0.3 is 0 Å². The van der Waals surface area contributed by atoms with E-state index in [-0.39, 0.29) is 6.61 Å². The highest BCUT2D eigenvalue weighted by Crippen LogP contribution is 2.21. The normalized spacial score (nSPS) is 12.0. The van der Waals surface area contributed by atoms with Crippen LogP contribution >= 0.6 is 0 Å². The number of amides is 1. The molecule has 5 nitrogen and oxygen atoms in total. The lowest BCUT2D eigenvalue weighted by Crippen LogP contribution is -2.44. The first-order valence-corrected chi connectivity index (χ1v) is 5.32. The maximum absolute atomic E-state index is 11.5. The van der Waals surface area contributed by atoms with Crippen LogP contribution in [0.3, 0.4) is 0 Å². The second-order valence-corrected chi connectivity index (χ2v) is 3.77. The van der Waals surface area contributed by atoms with E-state index in [1.165, 1.54) is 7.11 Å². The molecule has 0 saturated heterocycles. The predicted molar refractivity (Wildman–Crippen MR) is 64.5 cm³/mol. The monoisotopic (exact) mass is 238 g/mol. The molecule has 0 radical (unpaired) electrons. The molecule has 1 atom stereocenters. The van der Waals surface area contributed by atoms with E-state index in [9.17, 15) is 4.79 Å². The Hall–Kier alpha value is -1.59. The lowest BCUT2D eigenvalue weighted by molar-refractivity contribution is -0.130. The Kier molecular flexibility index (Phi) is 4.93. The van der Waals surface area contributed by atoms with Crippen molar-refractivity contribution in [1.82, 2.24) is 5.43 Å². The zero-order chi connectivity index (χ0) is 12.8. The maximum Gasteiger partial charge on any atom is 0.277 e. The molecule has 1 amide bonds. The van der Waals surface area contributed by atoms with Crippen LogP contribution in [0.4, 0.5) is 0 Å². The smallest absolute Gasteiger partial charge is 0.277 e. The van der Waals surface area contributed by atoms with Crippen molar-refractivity contribution in [2.24, 2.45) is 5.84 Å². The van der Waals surface area contributed by atoms with Gasteiger partial charge in [-0.05, 0) is 31.0 Å². The first kappa shape index (κ1) is 13.5. The molecule has 17 heavy (non-hydrogen) atoms. The number of methoxy groups -OCH3 is 1. The van der Waals surface area contributed by atoms with Crippen LogP contribution < -0.4 is 16.0 Å². The van der Waals surface area contributed by atoms with Crippen molar-refractivity contribution in [3.63, 3.8) is 0 Å². The summed E-state index contributed by atoms with van der Waals surface area (Å²) in [4.78, 5) is 11.5. The van der Waals surface area contributed by atoms with E-state index < -0.39 is 12.0 Å². The molecule has 0 saturated carbocycles. The minimum atomic E-state index is -0.745. The Balaban J connectivity index is 2.85. The van der Waals surface area contributed by atoms with Gasteiger partial charge in [-0.3, -0.25) is 10.2 Å². The fourth-order valence-corrected chi connectivity index (χ4v) is 1.41. The number of carbonyl (C=O) groups excluding carboxylic acids is 1. The molecule has 0 heterocycles. The zero-order valence-corrected chi connectivity index (χ0v) is 10.3. The molecule has 5 heteroatoms. The van der Waals surface area contributed by atoms with Gasteiger partial charge in [-0.1, -0.05) is 12.1 Å². The lowest BCUT2D eigenvalue weighted by Gasteiger charge is -2.18. The fraction of sp³-hybridized carbons (Fsp3) is 0.417. The molecule has 0 aromatic heterocycles. The van der Waals surface area contributed by atoms with Crippen LogP contribution in [0, 0.1) is 13.8 Å². The average molecular weight is 238 g/mol. The minimum absolute atomic E-state index is 0.149. The largest absolute Gasteiger partial charge is 0.478 e. The maximum atomic E-state index is 11.5. The average Bonchev–Trinajstić information content (AvgIpc) is 2.33. The molecule has 1 aromatic carbocycles. The third-order valence-corrected chi connectivity index (χ3v) is 2.58. The number of hydrazine groups is 1. The molecule has 1 unspecified atom stereocenters. The minimum Gasteiger partial charge on any atom is -0.478 e. The molecule has 0 fully saturated rings. The summed E-state index contributed by atoms with van der Waals surface area (Å²) in [5, 5.41) is 0. The van der Waals surface area contributed by atoms with E-state index in [1.54, 1.807) is 0 Å². The Morgan fingerprint density at radius 1 is 1.47 bits per heavy atom. The second-order valence-electron chi connectivity index (χ2n) is 3.77. The molecule has 3 N–H and O–H groups in total. The standard InChI is InChI=1S/C12H18N2O3/c1-8-5-4-6-10(9(8)2)17-11(7-16-3)12(15)14-13/h4-6,11H,7,13H2,1-3H3,(H,14,15). The molecular formula is C12H18N2O3. The Labute approximate surface area is 101 Å². The van der Waals surface area contributed by atoms with Gasteiger partial charge in [0.05, 0.1) is 6.61 Å². The third kappa shape index (κ3) is 3.44. The molecule has 0 aliphatic heterocycles. The summed E-state index contributed by atoms with van der Waals surface area (Å²) < 4.78 is 10.5. The van der Waals surface area contributed by atoms with Gasteiger partial charge in [-0.2, -0.15) is 0 Å². The summed E-state index contributed by atoms with van der Waals surface area (Å²) in [5.41, 5.74) is 4.16. The molecule has 1 rings (SSSR count). The number of carbonyl (C=O) groups is 1. The number of ether oxygens (including phenoxy) is 2. The molecule has 0 spiro atoms. The first-order chi connectivity index (χ1) is 8.10. The summed E-state index contributed by atoms with van der Waals surface area (Å²) in [5.74, 6) is 5.34. The molecule has 0 aliphatic rings. The number of rotatable bonds is 5. The molecule has 1 aromatic rings. The SMILES string of the molecule is COCC(Oc1cccc(C)c1C)C(=O)NN. The highest BCUT2D eigenvalue weighted by atomic mass is 16.5. The van der Waals surface area contributed by atoms with Gasteiger partial charge in [0.1, 0.15) is 5.75 Å². The van der Waals surface area contributed by atoms with Crippen LogP contribution in [-0.2, 0) is 9.53 Å². The number of hydrogen-bond acceptors (Lipinski definition) is 4. The highest BCUT2D eigenvalue weighted by Gasteiger charge is 2.20. The van der Waals surface area contributed by atoms with Crippen molar-refractivity contribution >= 4 is 5.91 Å². The highest BCUT2D eigenvalue weighted by molar-refractivity contribution is 5.80. The van der Waals surface area contributed by atoms with Crippen LogP contribution in [0.5, 0.6) is 5.75 Å². The van der Waals surface area contributed by atoms with Gasteiger partial charge in [0.15, 0.2) is 0 Å². The van der Waals surface area contributed by atoms with Gasteiger partial charge in [0, 0.05) is 7.11 Å². The van der Waals surface area contributed by atoms with Gasteiger partial charge in [0.2, 0.25) is 6.10 Å². The van der Waals surface area contributed by atoms with E-state index >= 15 is 0 Å². The van der Waals surface area contributed by atoms with Crippen molar-refractivity contribution in [2.75, 3.05) is 13.7 Å². The number of nitrogens with one attached hydrogen (secondary N) is 1. The van der Waals surface area contributed by atoms with E-state index in [1.807, 2.05) is 32.0 Å². The Morgan fingerprint density at radius 2 is 2.18 bits per heavy atom. The zero-order valence-electron chi connectivity index (χ0n) is 10.3. The first-order valence-electron chi connectivity index (χ1n) is 5.32. The molecule has 0 aliphatic carbocycles. The van der Waals surface area contributed by atoms with E-state index in [0.29, 0.717) is 5.75 Å². The summed E-state index contributed by atoms with van der Waals surface area (Å²) in [7, 11) is 1.50. The Bertz CT molecular complexity index is 393. The van der Waals surface area contributed by atoms with E-state index in [0.717, 1.165) is 11.1 Å². The molecule has 94 valence electrons. The van der Waals surface area contributed by atoms with Crippen LogP contribution in [0.15, 0.2) is 18.2 Å². The van der Waals surface area contributed by atoms with E-state index in [2.05, 4.69) is 5.43 Å². The van der Waals surface area contributed by atoms with Crippen LogP contribution in [0.25, 0.3) is 0 Å². The predicted octanol–water partition coefficient (Wildman–Crippen LogP) is 0.687. The lowest BCUT2D eigenvalue weighted by atomic mass is 10.1. The molecule has 0 bridgehead atoms. The van der Waals surface area contributed by atoms with Crippen molar-refractivity contribution < 1.29 is 14.3 Å². The second kappa shape index (κ2) is 6.22. The fourth-order valence-electron chi connectivity index (χ4n) is 1.41. The van der Waals surface area contributed by atoms with Crippen molar-refractivity contribution in [2.45, 2.75) is 20.0 Å². The van der Waals surface area contributed by atoms with Gasteiger partial charge in [0.25, 0.3) is 5.91 Å². The Morgan fingerprint density at radius 3 is 2.76 bits per heavy atom. The summed E-state index contributed by atoms with van der Waals surface area (Å²) in [6.45, 7) is 4.07. The third-order valence-electron chi connectivity index (χ3n) is 2.58. The topological polar surface area (TPSA) is 73.6 Å². The summed E-state index contributed by atoms with van der Waals surface area (Å²) in [6, 6.07) is 5.67. The van der Waals surface area contributed by atoms with Crippen LogP contribution in [-0.4, -0.2) is 25.7 Å². The number of nitrogens with two attached hydrogens (primary N) is 1. The van der Waals surface area contributed by atoms with Crippen molar-refractivity contribution in [3.8, 4) is 5.75 Å². The van der Waals surface area contributed by atoms with Crippen molar-refractivity contribution in [3.05, 3.63) is 29.3 Å². The van der Waals surface area contributed by atoms with Crippen LogP contribution in [0.2, 0.25) is 0 Å². The summed E-state index contributed by atoms with van der Waals surface area (Å²) >= 11 is 0. The van der Waals surface area contributed by atoms with E-state index in [4.69, 9.17) is 15.3 Å². The number of hydrogen-bond donors (Lipinski definition) is 2. The number of aryl methyl sites for hydroxylation is 1. The van der Waals surface area contributed by atoms with Crippen molar-refractivity contribution in [1.29, 1.82) is 0 Å². The number of benzene rings is 1. The van der Waals surface area contributed by atoms with Gasteiger partial charge < -0.3 is 9.47 Å². The summed E-state index contributed by atoms with van der Waals surface area (Å²) in [6.07, 6.45) is -0.745. The van der Waals surface area contributed by atoms with Gasteiger partial charge in [-0.25, -0.2) is 5.84 Å². The molecular weight excluding hydrogens is 220 g/mol. The van der Waals surface area contributed by atoms with Gasteiger partial charge in [-0.15, -0.1) is 0 Å².